The molecule has 4 heteroatoms. The number of hydrogen-bond acceptors (Lipinski definition) is 3. The lowest BCUT2D eigenvalue weighted by atomic mass is 10.1. The van der Waals surface area contributed by atoms with Gasteiger partial charge in [0.15, 0.2) is 5.78 Å². The van der Waals surface area contributed by atoms with Crippen molar-refractivity contribution in [2.45, 2.75) is 6.54 Å². The minimum atomic E-state index is 0.220. The van der Waals surface area contributed by atoms with Crippen LogP contribution in [0.1, 0.15) is 15.9 Å². The molecular weight excluding hydrogens is 399 g/mol. The largest absolute Gasteiger partial charge is 0.297 e. The summed E-state index contributed by atoms with van der Waals surface area (Å²) in [4.78, 5) is 17.1. The van der Waals surface area contributed by atoms with Gasteiger partial charge in [0.05, 0.1) is 6.54 Å². The van der Waals surface area contributed by atoms with E-state index in [-0.39, 0.29) is 5.78 Å². The smallest absolute Gasteiger partial charge is 0.176 e. The predicted molar refractivity (Wildman–Crippen MR) is 102 cm³/mol. The fraction of sp³-hybridized carbons (Fsp3) is 0.316. The van der Waals surface area contributed by atoms with E-state index in [1.54, 1.807) is 0 Å². The Hall–Kier alpha value is -1.24. The lowest BCUT2D eigenvalue weighted by Crippen LogP contribution is -2.47. The first-order valence-corrected chi connectivity index (χ1v) is 9.06. The average Bonchev–Trinajstić information content (AvgIpc) is 2.58. The topological polar surface area (TPSA) is 23.6 Å². The summed E-state index contributed by atoms with van der Waals surface area (Å²) in [7, 11) is 0. The van der Waals surface area contributed by atoms with Gasteiger partial charge in [-0.1, -0.05) is 42.5 Å². The molecule has 3 nitrogen and oxygen atoms in total. The highest BCUT2D eigenvalue weighted by Gasteiger charge is 2.19. The molecule has 0 aromatic heterocycles. The summed E-state index contributed by atoms with van der Waals surface area (Å²) in [5, 5.41) is 0. The quantitative estimate of drug-likeness (QED) is 0.548. The maximum atomic E-state index is 12.3. The number of carbonyl (C=O) groups excluding carboxylic acids is 1. The molecule has 0 atom stereocenters. The van der Waals surface area contributed by atoms with Crippen molar-refractivity contribution in [1.29, 1.82) is 0 Å². The first-order valence-electron chi connectivity index (χ1n) is 7.98. The lowest BCUT2D eigenvalue weighted by Gasteiger charge is -2.34. The van der Waals surface area contributed by atoms with E-state index in [9.17, 15) is 4.79 Å². The van der Waals surface area contributed by atoms with Crippen LogP contribution in [0.25, 0.3) is 0 Å². The summed E-state index contributed by atoms with van der Waals surface area (Å²) in [5.74, 6) is 0.220. The van der Waals surface area contributed by atoms with Crippen LogP contribution in [0, 0.1) is 3.57 Å². The number of hydrogen-bond donors (Lipinski definition) is 0. The Kier molecular flexibility index (Phi) is 5.80. The van der Waals surface area contributed by atoms with Crippen LogP contribution in [0.3, 0.4) is 0 Å². The highest BCUT2D eigenvalue weighted by molar-refractivity contribution is 14.1. The maximum Gasteiger partial charge on any atom is 0.176 e. The number of rotatable bonds is 5. The molecule has 23 heavy (non-hydrogen) atoms. The van der Waals surface area contributed by atoms with Crippen molar-refractivity contribution in [2.24, 2.45) is 0 Å². The Morgan fingerprint density at radius 3 is 2.13 bits per heavy atom. The molecule has 0 aliphatic carbocycles. The van der Waals surface area contributed by atoms with Gasteiger partial charge in [-0.15, -0.1) is 0 Å². The first-order chi connectivity index (χ1) is 11.2. The van der Waals surface area contributed by atoms with Crippen molar-refractivity contribution >= 4 is 28.4 Å². The van der Waals surface area contributed by atoms with E-state index >= 15 is 0 Å². The van der Waals surface area contributed by atoms with Gasteiger partial charge in [-0.3, -0.25) is 14.6 Å². The number of Topliss-reactive ketones (excluding diaryl/α,β-unsaturated/α-hetero) is 1. The number of benzene rings is 2. The Morgan fingerprint density at radius 2 is 1.48 bits per heavy atom. The van der Waals surface area contributed by atoms with Crippen LogP contribution in [0.4, 0.5) is 0 Å². The second-order valence-corrected chi connectivity index (χ2v) is 7.21. The number of halogens is 1. The molecule has 0 saturated carbocycles. The van der Waals surface area contributed by atoms with E-state index in [4.69, 9.17) is 0 Å². The standard InChI is InChI=1S/C19H21IN2O/c20-18-8-6-17(7-9-18)19(23)15-22-12-10-21(11-13-22)14-16-4-2-1-3-5-16/h1-9H,10-15H2. The van der Waals surface area contributed by atoms with Gasteiger partial charge in [-0.25, -0.2) is 0 Å². The van der Waals surface area contributed by atoms with Crippen molar-refractivity contribution in [2.75, 3.05) is 32.7 Å². The average molecular weight is 420 g/mol. The summed E-state index contributed by atoms with van der Waals surface area (Å²) in [6.45, 7) is 5.50. The Morgan fingerprint density at radius 1 is 0.870 bits per heavy atom. The van der Waals surface area contributed by atoms with E-state index in [1.165, 1.54) is 5.56 Å². The molecule has 0 spiro atoms. The van der Waals surface area contributed by atoms with Gasteiger partial charge >= 0.3 is 0 Å². The molecule has 1 aliphatic rings. The third-order valence-electron chi connectivity index (χ3n) is 4.25. The monoisotopic (exact) mass is 420 g/mol. The number of nitrogens with zero attached hydrogens (tertiary/aromatic N) is 2. The lowest BCUT2D eigenvalue weighted by molar-refractivity contribution is 0.0844. The summed E-state index contributed by atoms with van der Waals surface area (Å²) in [6, 6.07) is 18.4. The van der Waals surface area contributed by atoms with Crippen molar-refractivity contribution in [3.63, 3.8) is 0 Å². The van der Waals surface area contributed by atoms with Crippen LogP contribution in [0.15, 0.2) is 54.6 Å². The Balaban J connectivity index is 1.47. The maximum absolute atomic E-state index is 12.3. The molecule has 1 fully saturated rings. The van der Waals surface area contributed by atoms with E-state index in [2.05, 4.69) is 62.7 Å². The second kappa shape index (κ2) is 8.04. The zero-order valence-electron chi connectivity index (χ0n) is 13.1. The first kappa shape index (κ1) is 16.6. The summed E-state index contributed by atoms with van der Waals surface area (Å²) in [5.41, 5.74) is 2.17. The molecule has 0 N–H and O–H groups in total. The van der Waals surface area contributed by atoms with Crippen LogP contribution in [0.5, 0.6) is 0 Å². The van der Waals surface area contributed by atoms with Crippen molar-refractivity contribution in [3.8, 4) is 0 Å². The van der Waals surface area contributed by atoms with Crippen LogP contribution >= 0.6 is 22.6 Å². The van der Waals surface area contributed by atoms with E-state index in [0.717, 1.165) is 41.9 Å². The van der Waals surface area contributed by atoms with Crippen LogP contribution in [-0.4, -0.2) is 48.3 Å². The molecule has 120 valence electrons. The normalized spacial score (nSPS) is 16.4. The minimum absolute atomic E-state index is 0.220. The Bertz CT molecular complexity index is 634. The van der Waals surface area contributed by atoms with E-state index < -0.39 is 0 Å². The van der Waals surface area contributed by atoms with Gasteiger partial charge in [-0.05, 0) is 40.3 Å². The summed E-state index contributed by atoms with van der Waals surface area (Å²) < 4.78 is 1.16. The van der Waals surface area contributed by atoms with Gasteiger partial charge in [0.25, 0.3) is 0 Å². The predicted octanol–water partition coefficient (Wildman–Crippen LogP) is 3.29. The fourth-order valence-corrected chi connectivity index (χ4v) is 3.24. The zero-order valence-corrected chi connectivity index (χ0v) is 15.3. The molecule has 1 aliphatic heterocycles. The third-order valence-corrected chi connectivity index (χ3v) is 4.97. The highest BCUT2D eigenvalue weighted by atomic mass is 127. The molecule has 0 radical (unpaired) electrons. The number of piperazine rings is 1. The van der Waals surface area contributed by atoms with Gasteiger partial charge in [0, 0.05) is 41.9 Å². The van der Waals surface area contributed by atoms with Crippen molar-refractivity contribution in [3.05, 3.63) is 69.3 Å². The van der Waals surface area contributed by atoms with Crippen LogP contribution < -0.4 is 0 Å². The molecule has 3 rings (SSSR count). The highest BCUT2D eigenvalue weighted by Crippen LogP contribution is 2.11. The summed E-state index contributed by atoms with van der Waals surface area (Å²) in [6.07, 6.45) is 0. The zero-order chi connectivity index (χ0) is 16.1. The van der Waals surface area contributed by atoms with Crippen molar-refractivity contribution < 1.29 is 4.79 Å². The third kappa shape index (κ3) is 4.86. The molecular formula is C19H21IN2O. The number of ketones is 1. The minimum Gasteiger partial charge on any atom is -0.297 e. The van der Waals surface area contributed by atoms with Gasteiger partial charge in [0.1, 0.15) is 0 Å². The van der Waals surface area contributed by atoms with Crippen LogP contribution in [0.2, 0.25) is 0 Å². The van der Waals surface area contributed by atoms with E-state index in [1.807, 2.05) is 24.3 Å². The molecule has 1 saturated heterocycles. The van der Waals surface area contributed by atoms with Gasteiger partial charge < -0.3 is 0 Å². The molecule has 0 bridgehead atoms. The van der Waals surface area contributed by atoms with Crippen LogP contribution in [-0.2, 0) is 6.54 Å². The van der Waals surface area contributed by atoms with Gasteiger partial charge in [0.2, 0.25) is 0 Å². The van der Waals surface area contributed by atoms with Gasteiger partial charge in [-0.2, -0.15) is 0 Å². The second-order valence-electron chi connectivity index (χ2n) is 5.97. The number of carbonyl (C=O) groups is 1. The van der Waals surface area contributed by atoms with Crippen molar-refractivity contribution in [1.82, 2.24) is 9.80 Å². The molecule has 1 heterocycles. The molecule has 0 unspecified atom stereocenters. The SMILES string of the molecule is O=C(CN1CCN(Cc2ccccc2)CC1)c1ccc(I)cc1. The fourth-order valence-electron chi connectivity index (χ4n) is 2.88. The molecule has 2 aromatic rings. The molecule has 2 aromatic carbocycles. The molecule has 0 amide bonds. The van der Waals surface area contributed by atoms with E-state index in [0.29, 0.717) is 6.54 Å². The Labute approximate surface area is 151 Å². The summed E-state index contributed by atoms with van der Waals surface area (Å²) >= 11 is 2.26.